The first kappa shape index (κ1) is 22.4. The number of aromatic nitrogens is 3. The molecule has 74 heavy (non-hydrogen) atoms. The first-order valence-electron chi connectivity index (χ1n) is 42.0. The van der Waals surface area contributed by atoms with Gasteiger partial charge in [-0.05, 0) is 114 Å². The molecular formula is C69H66N3OPt+. The maximum absolute atomic E-state index is 10.4. The Morgan fingerprint density at radius 3 is 1.81 bits per heavy atom. The molecule has 4 nitrogen and oxygen atoms in total. The van der Waals surface area contributed by atoms with Gasteiger partial charge in [0.25, 0.3) is 6.33 Å². The number of benzene rings is 8. The normalized spacial score (nSPS) is 28.0. The van der Waals surface area contributed by atoms with Crippen LogP contribution in [0.2, 0.25) is 0 Å². The van der Waals surface area contributed by atoms with E-state index in [1.165, 1.54) is 47.0 Å². The quantitative estimate of drug-likeness (QED) is 0.115. The first-order valence-corrected chi connectivity index (χ1v) is 23.0. The van der Waals surface area contributed by atoms with Crippen molar-refractivity contribution in [3.63, 3.8) is 0 Å². The molecular weight excluding hydrogens is 1080 g/mol. The van der Waals surface area contributed by atoms with Crippen molar-refractivity contribution in [1.29, 1.82) is 0 Å². The van der Waals surface area contributed by atoms with Crippen molar-refractivity contribution in [2.45, 2.75) is 128 Å². The number of fused-ring (bicyclic) bond motifs is 6. The minimum atomic E-state index is -4.85. The molecule has 2 aromatic heterocycles. The maximum atomic E-state index is 10.4. The maximum Gasteiger partial charge on any atom is 4.00 e. The summed E-state index contributed by atoms with van der Waals surface area (Å²) in [6.07, 6.45) is -16.2. The molecule has 0 fully saturated rings. The number of rotatable bonds is 7. The van der Waals surface area contributed by atoms with E-state index in [9.17, 15) is 19.2 Å². The minimum Gasteiger partial charge on any atom is -0.510 e. The molecule has 0 unspecified atom stereocenters. The van der Waals surface area contributed by atoms with Crippen LogP contribution in [0.25, 0.3) is 72.2 Å². The summed E-state index contributed by atoms with van der Waals surface area (Å²) in [7, 11) is 0. The Bertz CT molecular complexity index is 5260. The average molecular weight is 1190 g/mol. The van der Waals surface area contributed by atoms with Gasteiger partial charge >= 0.3 is 21.1 Å². The van der Waals surface area contributed by atoms with Gasteiger partial charge in [0, 0.05) is 60.9 Å². The summed E-state index contributed by atoms with van der Waals surface area (Å²) >= 11 is 0. The minimum absolute atomic E-state index is 0. The number of para-hydroxylation sites is 4. The van der Waals surface area contributed by atoms with Gasteiger partial charge in [-0.3, -0.25) is 4.57 Å². The first-order chi connectivity index (χ1) is 50.4. The second-order valence-electron chi connectivity index (χ2n) is 19.1. The topological polar surface area (TPSA) is 23.0 Å². The van der Waals surface area contributed by atoms with E-state index in [1.54, 1.807) is 6.07 Å². The molecule has 0 atom stereocenters. The van der Waals surface area contributed by atoms with E-state index in [0.29, 0.717) is 11.2 Å². The van der Waals surface area contributed by atoms with Crippen LogP contribution in [0.1, 0.15) is 181 Å². The average Bonchev–Trinajstić information content (AvgIpc) is 0.691. The molecule has 10 aromatic rings. The fourth-order valence-electron chi connectivity index (χ4n) is 9.40. The van der Waals surface area contributed by atoms with E-state index >= 15 is 0 Å². The number of nitrogens with zero attached hydrogens (tertiary/aromatic N) is 3. The van der Waals surface area contributed by atoms with Crippen LogP contribution in [0.5, 0.6) is 11.5 Å². The van der Waals surface area contributed by atoms with Crippen molar-refractivity contribution >= 4 is 32.8 Å². The number of imidazole rings is 1. The molecule has 0 saturated heterocycles. The zero-order chi connectivity index (χ0) is 83.2. The molecule has 0 aliphatic heterocycles. The molecule has 0 saturated carbocycles. The monoisotopic (exact) mass is 1190 g/mol. The molecule has 12 rings (SSSR count). The van der Waals surface area contributed by atoms with Crippen LogP contribution < -0.4 is 9.30 Å². The number of ether oxygens (including phenoxy) is 1. The van der Waals surface area contributed by atoms with E-state index < -0.39 is 188 Å². The van der Waals surface area contributed by atoms with Gasteiger partial charge in [0.05, 0.1) is 24.9 Å². The summed E-state index contributed by atoms with van der Waals surface area (Å²) in [6, 6.07) is 29.1. The van der Waals surface area contributed by atoms with Crippen molar-refractivity contribution < 1.29 is 82.5 Å². The van der Waals surface area contributed by atoms with E-state index in [1.807, 2.05) is 53.1 Å². The summed E-state index contributed by atoms with van der Waals surface area (Å²) < 4.78 is 363. The Balaban J connectivity index is 0.0000124. The molecule has 5 heteroatoms. The predicted octanol–water partition coefficient (Wildman–Crippen LogP) is 17.3. The van der Waals surface area contributed by atoms with Gasteiger partial charge in [-0.2, -0.15) is 42.0 Å². The van der Waals surface area contributed by atoms with Crippen molar-refractivity contribution in [3.8, 4) is 50.8 Å². The van der Waals surface area contributed by atoms with Crippen LogP contribution in [0.15, 0.2) is 152 Å². The van der Waals surface area contributed by atoms with E-state index in [4.69, 9.17) is 37.6 Å². The summed E-state index contributed by atoms with van der Waals surface area (Å²) in [6.45, 7) is -30.2. The zero-order valence-electron chi connectivity index (χ0n) is 77.5. The number of hydrogen-bond donors (Lipinski definition) is 0. The van der Waals surface area contributed by atoms with Gasteiger partial charge in [-0.1, -0.05) is 184 Å². The van der Waals surface area contributed by atoms with Gasteiger partial charge < -0.3 is 13.9 Å². The Hall–Kier alpha value is -6.48. The summed E-state index contributed by atoms with van der Waals surface area (Å²) in [5, 5.41) is 1.65. The smallest absolute Gasteiger partial charge is 0.510 e. The van der Waals surface area contributed by atoms with E-state index in [0.717, 1.165) is 44.6 Å². The molecule has 0 N–H and O–H groups in total. The van der Waals surface area contributed by atoms with Crippen LogP contribution in [-0.2, 0) is 48.1 Å². The van der Waals surface area contributed by atoms with Crippen LogP contribution >= 0.6 is 0 Å². The van der Waals surface area contributed by atoms with Crippen LogP contribution in [0.3, 0.4) is 0 Å². The second-order valence-corrected chi connectivity index (χ2v) is 19.1. The fourth-order valence-corrected chi connectivity index (χ4v) is 9.40. The molecule has 2 aliphatic carbocycles. The van der Waals surface area contributed by atoms with Gasteiger partial charge in [-0.15, -0.1) is 35.7 Å². The summed E-state index contributed by atoms with van der Waals surface area (Å²) in [5.41, 5.74) is -29.0. The third kappa shape index (κ3) is 8.37. The Morgan fingerprint density at radius 1 is 0.595 bits per heavy atom. The summed E-state index contributed by atoms with van der Waals surface area (Å²) in [5.74, 6) is 0.132. The molecule has 0 radical (unpaired) electrons. The molecule has 0 spiro atoms. The van der Waals surface area contributed by atoms with Crippen molar-refractivity contribution in [2.24, 2.45) is 0 Å². The molecule has 0 amide bonds. The van der Waals surface area contributed by atoms with Crippen LogP contribution in [0.4, 0.5) is 0 Å². The van der Waals surface area contributed by atoms with Crippen LogP contribution in [0, 0.1) is 24.5 Å². The molecule has 8 aromatic carbocycles. The van der Waals surface area contributed by atoms with Crippen molar-refractivity contribution in [2.75, 3.05) is 0 Å². The van der Waals surface area contributed by atoms with E-state index in [2.05, 4.69) is 45.3 Å². The van der Waals surface area contributed by atoms with Gasteiger partial charge in [0.15, 0.2) is 0 Å². The van der Waals surface area contributed by atoms with Crippen LogP contribution in [-0.4, -0.2) is 9.13 Å². The van der Waals surface area contributed by atoms with Gasteiger partial charge in [-0.25, -0.2) is 0 Å². The van der Waals surface area contributed by atoms with E-state index in [-0.39, 0.29) is 54.7 Å². The predicted molar refractivity (Wildman–Crippen MR) is 301 cm³/mol. The Kier molecular flexibility index (Phi) is 5.40. The standard InChI is InChI=1S/C69H66N3O.Pt/c1-65(2,3)47-19-16-21-49(41-47)72-60-26-13-12-23-54(60)55-32-31-51(43-63(55)72)73-50-22-17-20-48(42-50)70-44-71(62-28-15-14-27-61(62)70)64-52(45-29-33-56-58(39-45)68(8,9)37-35-66(56,4)5)24-18-25-53(64)46-30-34-57-59(40-46)69(10,11)38-36-67(57,6)7;/h12-20,22-34,39-41H,35-38H2,1-11H3;/q-3;+4/i4D3,5D3,6D3,7D3,8D3,9D3,10D3,11D3,29D,30D,33D,34D,35D2,36D2,37D2,38D2,39D,40D;. The zero-order valence-corrected chi connectivity index (χ0v) is 41.8. The number of hydrogen-bond acceptors (Lipinski definition) is 1. The molecule has 372 valence electrons. The van der Waals surface area contributed by atoms with Gasteiger partial charge in [0.1, 0.15) is 0 Å². The van der Waals surface area contributed by atoms with Crippen molar-refractivity contribution in [1.82, 2.24) is 9.13 Å². The van der Waals surface area contributed by atoms with Gasteiger partial charge in [0.2, 0.25) is 0 Å². The van der Waals surface area contributed by atoms with Crippen molar-refractivity contribution in [3.05, 3.63) is 204 Å². The molecule has 2 heterocycles. The third-order valence-corrected chi connectivity index (χ3v) is 13.0. The molecule has 0 bridgehead atoms. The molecule has 2 aliphatic rings. The third-order valence-electron chi connectivity index (χ3n) is 13.0. The summed E-state index contributed by atoms with van der Waals surface area (Å²) in [4.78, 5) is 0. The SMILES string of the molecule is [2H]c1c([2H])c2c(c([2H])c1-c1cccc(-c3c([2H])c([2H])c4c(c3[2H])C(C([2H])([2H])[2H])(C([2H])([2H])[2H])C([2H])([2H])C([2H])([2H])C4(C([2H])([2H])[2H])C([2H])([2H])[2H])c1-[n+]1[c-]n(-c3[c-]c(Oc4[c-]c5c(cc4)c4ccccc4n5-c4[c-]ccc(C(C)(C)C)c4)ccc3)c3ccccc31)C(C([2H])([2H])[2H])(C([2H])([2H])[2H])C([2H])([2H])C([2H])([2H])C2(C([2H])([2H])[2H])C([2H])([2H])[2H].[Pt+4]. The second kappa shape index (κ2) is 17.8. The fraction of sp³-hybridized carbons (Fsp3) is 0.290. The Morgan fingerprint density at radius 2 is 1.18 bits per heavy atom. The largest absolute Gasteiger partial charge is 4.00 e. The Labute approximate surface area is 506 Å².